The maximum Gasteiger partial charge on any atom is 0.247 e. The van der Waals surface area contributed by atoms with Gasteiger partial charge in [0, 0.05) is 31.1 Å². The van der Waals surface area contributed by atoms with Crippen molar-refractivity contribution in [1.29, 1.82) is 5.26 Å². The molecule has 0 bridgehead atoms. The van der Waals surface area contributed by atoms with Crippen molar-refractivity contribution < 1.29 is 14.3 Å². The van der Waals surface area contributed by atoms with E-state index in [0.29, 0.717) is 23.4 Å². The van der Waals surface area contributed by atoms with Crippen LogP contribution in [-0.4, -0.2) is 18.7 Å². The van der Waals surface area contributed by atoms with Gasteiger partial charge in [-0.1, -0.05) is 32.0 Å². The first kappa shape index (κ1) is 16.4. The molecular formula is C20H19N3O3. The van der Waals surface area contributed by atoms with Crippen LogP contribution in [0, 0.1) is 16.7 Å². The number of nitrogens with two attached hydrogens (primary N) is 1. The summed E-state index contributed by atoms with van der Waals surface area (Å²) in [6.45, 7) is 3.95. The first-order chi connectivity index (χ1) is 12.2. The minimum absolute atomic E-state index is 0.00824. The van der Waals surface area contributed by atoms with Crippen molar-refractivity contribution in [3.8, 4) is 6.07 Å². The zero-order valence-electron chi connectivity index (χ0n) is 14.9. The van der Waals surface area contributed by atoms with Crippen molar-refractivity contribution in [2.45, 2.75) is 32.1 Å². The van der Waals surface area contributed by atoms with Crippen LogP contribution in [0.3, 0.4) is 0 Å². The van der Waals surface area contributed by atoms with Gasteiger partial charge >= 0.3 is 0 Å². The molecule has 2 N–H and O–H groups in total. The van der Waals surface area contributed by atoms with E-state index in [4.69, 9.17) is 10.5 Å². The van der Waals surface area contributed by atoms with Gasteiger partial charge in [0.05, 0.1) is 5.57 Å². The molecule has 1 aliphatic carbocycles. The number of likely N-dealkylation sites (N-methyl/N-ethyl adjacent to an activating group) is 1. The van der Waals surface area contributed by atoms with E-state index in [1.54, 1.807) is 25.2 Å². The van der Waals surface area contributed by atoms with Crippen LogP contribution in [-0.2, 0) is 19.7 Å². The molecule has 6 heteroatoms. The number of carbonyl (C=O) groups is 2. The number of allylic oxidation sites excluding steroid dienone is 1. The summed E-state index contributed by atoms with van der Waals surface area (Å²) in [6.07, 6.45) is 0.767. The lowest BCUT2D eigenvalue weighted by Crippen LogP contribution is -2.49. The Morgan fingerprint density at radius 1 is 1.23 bits per heavy atom. The number of para-hydroxylation sites is 1. The maximum atomic E-state index is 13.5. The highest BCUT2D eigenvalue weighted by molar-refractivity contribution is 6.19. The monoisotopic (exact) mass is 349 g/mol. The summed E-state index contributed by atoms with van der Waals surface area (Å²) in [7, 11) is 1.65. The van der Waals surface area contributed by atoms with Crippen LogP contribution in [0.5, 0.6) is 0 Å². The standard InChI is InChI=1S/C20H19N3O3/c1-19(2)8-14(24)16-15(9-19)26-17(22)12(10-21)20(16)11-6-4-5-7-13(11)23(3)18(20)25/h4-7H,8-9,22H2,1-3H3/t20-/m0/s1. The van der Waals surface area contributed by atoms with Gasteiger partial charge in [0.1, 0.15) is 22.8 Å². The van der Waals surface area contributed by atoms with E-state index in [1.807, 2.05) is 26.0 Å². The zero-order chi connectivity index (χ0) is 18.9. The molecule has 2 aliphatic heterocycles. The topological polar surface area (TPSA) is 96.4 Å². The number of fused-ring (bicyclic) bond motifs is 3. The number of nitriles is 1. The normalized spacial score (nSPS) is 26.6. The molecule has 0 unspecified atom stereocenters. The second-order valence-corrected chi connectivity index (χ2v) is 7.82. The predicted octanol–water partition coefficient (Wildman–Crippen LogP) is 2.27. The second-order valence-electron chi connectivity index (χ2n) is 7.82. The third-order valence-corrected chi connectivity index (χ3v) is 5.47. The van der Waals surface area contributed by atoms with E-state index in [1.165, 1.54) is 4.90 Å². The number of Topliss-reactive ketones (excluding diaryl/α,β-unsaturated/α-hetero) is 1. The Morgan fingerprint density at radius 3 is 2.62 bits per heavy atom. The number of hydrogen-bond acceptors (Lipinski definition) is 5. The molecule has 1 aromatic rings. The summed E-state index contributed by atoms with van der Waals surface area (Å²) in [4.78, 5) is 28.1. The van der Waals surface area contributed by atoms with Crippen LogP contribution >= 0.6 is 0 Å². The molecule has 4 rings (SSSR count). The largest absolute Gasteiger partial charge is 0.444 e. The number of nitrogens with zero attached hydrogens (tertiary/aromatic N) is 2. The van der Waals surface area contributed by atoms with Gasteiger partial charge in [-0.2, -0.15) is 5.26 Å². The molecule has 132 valence electrons. The lowest BCUT2D eigenvalue weighted by Gasteiger charge is -2.41. The third kappa shape index (κ3) is 1.80. The fourth-order valence-corrected chi connectivity index (χ4v) is 4.44. The van der Waals surface area contributed by atoms with Crippen LogP contribution < -0.4 is 10.6 Å². The van der Waals surface area contributed by atoms with Crippen molar-refractivity contribution >= 4 is 17.4 Å². The van der Waals surface area contributed by atoms with Crippen LogP contribution in [0.4, 0.5) is 5.69 Å². The highest BCUT2D eigenvalue weighted by Crippen LogP contribution is 2.56. The molecule has 3 aliphatic rings. The first-order valence-electron chi connectivity index (χ1n) is 8.46. The highest BCUT2D eigenvalue weighted by Gasteiger charge is 2.62. The van der Waals surface area contributed by atoms with Gasteiger partial charge in [0.15, 0.2) is 5.78 Å². The summed E-state index contributed by atoms with van der Waals surface area (Å²) >= 11 is 0. The van der Waals surface area contributed by atoms with Gasteiger partial charge in [-0.15, -0.1) is 0 Å². The molecule has 2 heterocycles. The van der Waals surface area contributed by atoms with Crippen molar-refractivity contribution in [2.75, 3.05) is 11.9 Å². The highest BCUT2D eigenvalue weighted by atomic mass is 16.5. The molecule has 1 aromatic carbocycles. The number of rotatable bonds is 0. The summed E-state index contributed by atoms with van der Waals surface area (Å²) in [5, 5.41) is 9.82. The number of hydrogen-bond donors (Lipinski definition) is 1. The van der Waals surface area contributed by atoms with Gasteiger partial charge in [-0.05, 0) is 11.5 Å². The van der Waals surface area contributed by atoms with Gasteiger partial charge in [-0.3, -0.25) is 9.59 Å². The lowest BCUT2D eigenvalue weighted by molar-refractivity contribution is -0.125. The molecule has 1 amide bonds. The molecule has 0 radical (unpaired) electrons. The quantitative estimate of drug-likeness (QED) is 0.775. The molecule has 1 atom stereocenters. The first-order valence-corrected chi connectivity index (χ1v) is 8.46. The smallest absolute Gasteiger partial charge is 0.247 e. The number of carbonyl (C=O) groups excluding carboxylic acids is 2. The lowest BCUT2D eigenvalue weighted by atomic mass is 9.62. The van der Waals surface area contributed by atoms with Crippen LogP contribution in [0.25, 0.3) is 0 Å². The van der Waals surface area contributed by atoms with Crippen molar-refractivity contribution in [3.63, 3.8) is 0 Å². The van der Waals surface area contributed by atoms with Crippen LogP contribution in [0.1, 0.15) is 32.3 Å². The van der Waals surface area contributed by atoms with E-state index in [2.05, 4.69) is 0 Å². The van der Waals surface area contributed by atoms with E-state index in [9.17, 15) is 14.9 Å². The molecular weight excluding hydrogens is 330 g/mol. The summed E-state index contributed by atoms with van der Waals surface area (Å²) < 4.78 is 5.71. The average Bonchev–Trinajstić information content (AvgIpc) is 2.77. The number of ether oxygens (including phenoxy) is 1. The fraction of sp³-hybridized carbons (Fsp3) is 0.350. The molecule has 0 saturated carbocycles. The second kappa shape index (κ2) is 4.98. The maximum absolute atomic E-state index is 13.5. The number of amides is 1. The number of anilines is 1. The number of benzene rings is 1. The Balaban J connectivity index is 2.12. The van der Waals surface area contributed by atoms with Gasteiger partial charge < -0.3 is 15.4 Å². The Bertz CT molecular complexity index is 980. The Morgan fingerprint density at radius 2 is 1.92 bits per heavy atom. The van der Waals surface area contributed by atoms with Crippen LogP contribution in [0.2, 0.25) is 0 Å². The molecule has 1 spiro atoms. The van der Waals surface area contributed by atoms with E-state index < -0.39 is 5.41 Å². The minimum atomic E-state index is -1.51. The average molecular weight is 349 g/mol. The van der Waals surface area contributed by atoms with E-state index >= 15 is 0 Å². The van der Waals surface area contributed by atoms with Crippen molar-refractivity contribution in [1.82, 2.24) is 0 Å². The Hall–Kier alpha value is -3.07. The van der Waals surface area contributed by atoms with Crippen molar-refractivity contribution in [3.05, 3.63) is 52.6 Å². The van der Waals surface area contributed by atoms with Gasteiger partial charge in [0.2, 0.25) is 11.8 Å². The molecule has 0 fully saturated rings. The van der Waals surface area contributed by atoms with Crippen LogP contribution in [0.15, 0.2) is 47.1 Å². The SMILES string of the molecule is CN1C(=O)[C@]2(C(C#N)=C(N)OC3=C2C(=O)CC(C)(C)C3)c2ccccc21. The summed E-state index contributed by atoms with van der Waals surface area (Å²) in [6, 6.07) is 9.25. The third-order valence-electron chi connectivity index (χ3n) is 5.47. The van der Waals surface area contributed by atoms with Gasteiger partial charge in [0.25, 0.3) is 0 Å². The number of ketones is 1. The Kier molecular flexibility index (Phi) is 3.14. The summed E-state index contributed by atoms with van der Waals surface area (Å²) in [5.41, 5.74) is 5.80. The minimum Gasteiger partial charge on any atom is -0.444 e. The molecule has 0 saturated heterocycles. The Labute approximate surface area is 151 Å². The summed E-state index contributed by atoms with van der Waals surface area (Å²) in [5.74, 6) is -0.214. The van der Waals surface area contributed by atoms with E-state index in [0.717, 1.165) is 0 Å². The molecule has 0 aromatic heterocycles. The van der Waals surface area contributed by atoms with Crippen molar-refractivity contribution in [2.24, 2.45) is 11.1 Å². The zero-order valence-corrected chi connectivity index (χ0v) is 14.9. The predicted molar refractivity (Wildman–Crippen MR) is 94.5 cm³/mol. The van der Waals surface area contributed by atoms with E-state index in [-0.39, 0.29) is 40.6 Å². The molecule has 6 nitrogen and oxygen atoms in total. The van der Waals surface area contributed by atoms with Gasteiger partial charge in [-0.25, -0.2) is 0 Å². The molecule has 26 heavy (non-hydrogen) atoms. The fourth-order valence-electron chi connectivity index (χ4n) is 4.44.